The standard InChI is InChI=1S/C23H15BrF2N6O3/c1-13(35-21-5-15(24)8-29-23(21)32(33)34)20-6-16(25)2-3-19(20)22-14(4-17(26)9-28-22)10-31-11-18(7-27)30-12-31/h2-6,8-9,11-13H,10H2,1H3. The molecule has 0 saturated heterocycles. The maximum Gasteiger partial charge on any atom is 0.406 e. The van der Waals surface area contributed by atoms with Gasteiger partial charge in [0.1, 0.15) is 23.8 Å². The number of nitro groups is 1. The molecule has 12 heteroatoms. The van der Waals surface area contributed by atoms with Crippen molar-refractivity contribution in [2.24, 2.45) is 0 Å². The maximum atomic E-state index is 14.3. The first-order chi connectivity index (χ1) is 16.7. The fraction of sp³-hybridized carbons (Fsp3) is 0.130. The van der Waals surface area contributed by atoms with Gasteiger partial charge < -0.3 is 19.4 Å². The molecule has 9 nitrogen and oxygen atoms in total. The number of ether oxygens (including phenoxy) is 1. The minimum absolute atomic E-state index is 0.109. The summed E-state index contributed by atoms with van der Waals surface area (Å²) in [5.74, 6) is -1.74. The number of hydrogen-bond acceptors (Lipinski definition) is 7. The third-order valence-electron chi connectivity index (χ3n) is 5.02. The quantitative estimate of drug-likeness (QED) is 0.229. The summed E-state index contributed by atoms with van der Waals surface area (Å²) in [5.41, 5.74) is 1.78. The van der Waals surface area contributed by atoms with E-state index < -0.39 is 28.5 Å². The lowest BCUT2D eigenvalue weighted by molar-refractivity contribution is -0.390. The van der Waals surface area contributed by atoms with Crippen LogP contribution in [-0.2, 0) is 6.54 Å². The van der Waals surface area contributed by atoms with E-state index in [1.807, 2.05) is 6.07 Å². The zero-order valence-electron chi connectivity index (χ0n) is 18.0. The molecule has 0 amide bonds. The third-order valence-corrected chi connectivity index (χ3v) is 5.45. The van der Waals surface area contributed by atoms with Gasteiger partial charge in [0.25, 0.3) is 0 Å². The molecule has 0 N–H and O–H groups in total. The highest BCUT2D eigenvalue weighted by molar-refractivity contribution is 9.10. The zero-order valence-corrected chi connectivity index (χ0v) is 19.6. The van der Waals surface area contributed by atoms with Crippen LogP contribution in [0.1, 0.15) is 29.8 Å². The molecule has 1 unspecified atom stereocenters. The highest BCUT2D eigenvalue weighted by Gasteiger charge is 2.23. The number of rotatable bonds is 7. The van der Waals surface area contributed by atoms with Gasteiger partial charge in [-0.25, -0.2) is 13.8 Å². The maximum absolute atomic E-state index is 14.3. The number of pyridine rings is 2. The lowest BCUT2D eigenvalue weighted by Crippen LogP contribution is -2.09. The normalized spacial score (nSPS) is 11.6. The van der Waals surface area contributed by atoms with Crippen molar-refractivity contribution in [3.8, 4) is 23.1 Å². The second-order valence-corrected chi connectivity index (χ2v) is 8.34. The fourth-order valence-electron chi connectivity index (χ4n) is 3.52. The van der Waals surface area contributed by atoms with Crippen LogP contribution in [-0.4, -0.2) is 24.4 Å². The predicted octanol–water partition coefficient (Wildman–Crippen LogP) is 5.35. The Labute approximate surface area is 205 Å². The van der Waals surface area contributed by atoms with E-state index in [-0.39, 0.29) is 18.0 Å². The van der Waals surface area contributed by atoms with E-state index in [9.17, 15) is 18.9 Å². The molecule has 0 aliphatic carbocycles. The van der Waals surface area contributed by atoms with E-state index in [4.69, 9.17) is 10.00 Å². The molecule has 0 aliphatic rings. The minimum atomic E-state index is -0.867. The van der Waals surface area contributed by atoms with Crippen LogP contribution in [0.3, 0.4) is 0 Å². The monoisotopic (exact) mass is 540 g/mol. The Morgan fingerprint density at radius 1 is 1.20 bits per heavy atom. The van der Waals surface area contributed by atoms with Crippen molar-refractivity contribution < 1.29 is 18.4 Å². The van der Waals surface area contributed by atoms with Gasteiger partial charge in [-0.15, -0.1) is 0 Å². The number of imidazole rings is 1. The van der Waals surface area contributed by atoms with Crippen molar-refractivity contribution in [1.82, 2.24) is 19.5 Å². The molecule has 0 spiro atoms. The van der Waals surface area contributed by atoms with E-state index >= 15 is 0 Å². The number of halogens is 3. The Morgan fingerprint density at radius 3 is 2.71 bits per heavy atom. The molecule has 1 atom stereocenters. The first kappa shape index (κ1) is 23.9. The van der Waals surface area contributed by atoms with Crippen LogP contribution in [0, 0.1) is 33.1 Å². The number of nitrogens with zero attached hydrogens (tertiary/aromatic N) is 6. The van der Waals surface area contributed by atoms with Gasteiger partial charge in [0.2, 0.25) is 5.75 Å². The van der Waals surface area contributed by atoms with Crippen LogP contribution in [0.5, 0.6) is 5.75 Å². The number of hydrogen-bond donors (Lipinski definition) is 0. The number of nitriles is 1. The Morgan fingerprint density at radius 2 is 2.00 bits per heavy atom. The second-order valence-electron chi connectivity index (χ2n) is 7.43. The molecule has 0 bridgehead atoms. The van der Waals surface area contributed by atoms with Crippen molar-refractivity contribution in [2.75, 3.05) is 0 Å². The van der Waals surface area contributed by atoms with Crippen LogP contribution in [0.25, 0.3) is 11.3 Å². The lowest BCUT2D eigenvalue weighted by atomic mass is 9.96. The summed E-state index contributed by atoms with van der Waals surface area (Å²) in [6, 6.07) is 8.56. The first-order valence-electron chi connectivity index (χ1n) is 10.1. The molecular weight excluding hydrogens is 526 g/mol. The molecule has 3 heterocycles. The van der Waals surface area contributed by atoms with Crippen LogP contribution in [0.2, 0.25) is 0 Å². The Hall–Kier alpha value is -4.24. The van der Waals surface area contributed by atoms with Gasteiger partial charge in [-0.05, 0) is 57.0 Å². The molecule has 4 rings (SSSR count). The summed E-state index contributed by atoms with van der Waals surface area (Å²) in [5, 5.41) is 20.4. The average molecular weight is 541 g/mol. The van der Waals surface area contributed by atoms with Gasteiger partial charge in [0.15, 0.2) is 11.9 Å². The van der Waals surface area contributed by atoms with Crippen LogP contribution in [0.15, 0.2) is 59.7 Å². The Balaban J connectivity index is 1.77. The van der Waals surface area contributed by atoms with Gasteiger partial charge in [-0.3, -0.25) is 4.98 Å². The van der Waals surface area contributed by atoms with Crippen molar-refractivity contribution >= 4 is 21.7 Å². The molecule has 0 aliphatic heterocycles. The van der Waals surface area contributed by atoms with Crippen LogP contribution >= 0.6 is 15.9 Å². The summed E-state index contributed by atoms with van der Waals surface area (Å²) in [4.78, 5) is 22.6. The van der Waals surface area contributed by atoms with Gasteiger partial charge in [-0.2, -0.15) is 5.26 Å². The predicted molar refractivity (Wildman–Crippen MR) is 123 cm³/mol. The lowest BCUT2D eigenvalue weighted by Gasteiger charge is -2.20. The van der Waals surface area contributed by atoms with E-state index in [0.717, 1.165) is 6.20 Å². The largest absolute Gasteiger partial charge is 0.478 e. The van der Waals surface area contributed by atoms with E-state index in [1.165, 1.54) is 49.1 Å². The molecular formula is C23H15BrF2N6O3. The van der Waals surface area contributed by atoms with E-state index in [0.29, 0.717) is 26.9 Å². The smallest absolute Gasteiger partial charge is 0.406 e. The topological polar surface area (TPSA) is 120 Å². The molecule has 1 aromatic carbocycles. The van der Waals surface area contributed by atoms with E-state index in [2.05, 4.69) is 30.9 Å². The van der Waals surface area contributed by atoms with Gasteiger partial charge in [0.05, 0.1) is 29.2 Å². The number of benzene rings is 1. The SMILES string of the molecule is CC(Oc1cc(Br)cnc1[N+](=O)[O-])c1cc(F)ccc1-c1ncc(F)cc1Cn1cnc(C#N)c1. The highest BCUT2D eigenvalue weighted by Crippen LogP contribution is 2.36. The second kappa shape index (κ2) is 9.94. The zero-order chi connectivity index (χ0) is 25.1. The van der Waals surface area contributed by atoms with E-state index in [1.54, 1.807) is 11.5 Å². The number of aromatic nitrogens is 4. The average Bonchev–Trinajstić information content (AvgIpc) is 3.27. The third kappa shape index (κ3) is 5.30. The summed E-state index contributed by atoms with van der Waals surface area (Å²) in [7, 11) is 0. The molecule has 176 valence electrons. The fourth-order valence-corrected chi connectivity index (χ4v) is 3.83. The highest BCUT2D eigenvalue weighted by atomic mass is 79.9. The van der Waals surface area contributed by atoms with Crippen molar-refractivity contribution in [3.63, 3.8) is 0 Å². The molecule has 3 aromatic heterocycles. The van der Waals surface area contributed by atoms with Gasteiger partial charge in [-0.1, -0.05) is 0 Å². The Bertz CT molecular complexity index is 1470. The Kier molecular flexibility index (Phi) is 6.79. The van der Waals surface area contributed by atoms with Gasteiger partial charge in [0, 0.05) is 29.0 Å². The van der Waals surface area contributed by atoms with Crippen molar-refractivity contribution in [1.29, 1.82) is 5.26 Å². The molecule has 0 radical (unpaired) electrons. The first-order valence-corrected chi connectivity index (χ1v) is 10.9. The summed E-state index contributed by atoms with van der Waals surface area (Å²) in [6.07, 6.45) is 4.38. The summed E-state index contributed by atoms with van der Waals surface area (Å²) >= 11 is 3.21. The van der Waals surface area contributed by atoms with Crippen molar-refractivity contribution in [2.45, 2.75) is 19.6 Å². The van der Waals surface area contributed by atoms with Crippen molar-refractivity contribution in [3.05, 3.63) is 98.3 Å². The molecule has 0 fully saturated rings. The minimum Gasteiger partial charge on any atom is -0.478 e. The van der Waals surface area contributed by atoms with Crippen LogP contribution < -0.4 is 4.74 Å². The summed E-state index contributed by atoms with van der Waals surface area (Å²) < 4.78 is 36.3. The van der Waals surface area contributed by atoms with Gasteiger partial charge >= 0.3 is 5.82 Å². The summed E-state index contributed by atoms with van der Waals surface area (Å²) in [6.45, 7) is 1.74. The molecule has 35 heavy (non-hydrogen) atoms. The molecule has 0 saturated carbocycles. The molecule has 4 aromatic rings. The van der Waals surface area contributed by atoms with Crippen LogP contribution in [0.4, 0.5) is 14.6 Å².